The number of nitrogens with zero attached hydrogens (tertiary/aromatic N) is 2. The van der Waals surface area contributed by atoms with E-state index < -0.39 is 0 Å². The summed E-state index contributed by atoms with van der Waals surface area (Å²) in [6, 6.07) is 12.4. The number of rotatable bonds is 5. The van der Waals surface area contributed by atoms with Crippen molar-refractivity contribution in [2.75, 3.05) is 7.11 Å². The van der Waals surface area contributed by atoms with Crippen LogP contribution < -0.4 is 4.74 Å². The van der Waals surface area contributed by atoms with Crippen LogP contribution in [0.5, 0.6) is 17.2 Å². The zero-order valence-electron chi connectivity index (χ0n) is 19.1. The van der Waals surface area contributed by atoms with E-state index in [1.807, 2.05) is 13.0 Å². The number of hydrogen-bond donors (Lipinski definition) is 2. The fourth-order valence-corrected chi connectivity index (χ4v) is 4.07. The van der Waals surface area contributed by atoms with Gasteiger partial charge in [-0.15, -0.1) is 0 Å². The van der Waals surface area contributed by atoms with E-state index in [-0.39, 0.29) is 16.9 Å². The number of methoxy groups -OCH3 is 1. The van der Waals surface area contributed by atoms with Crippen molar-refractivity contribution in [1.82, 2.24) is 0 Å². The van der Waals surface area contributed by atoms with Gasteiger partial charge < -0.3 is 14.9 Å². The average molecular weight is 574 g/mol. The number of ether oxygens (including phenoxy) is 1. The van der Waals surface area contributed by atoms with Gasteiger partial charge >= 0.3 is 0 Å². The van der Waals surface area contributed by atoms with Gasteiger partial charge in [0.05, 0.1) is 12.8 Å². The van der Waals surface area contributed by atoms with Crippen molar-refractivity contribution in [2.24, 2.45) is 9.98 Å². The molecule has 0 radical (unpaired) electrons. The number of benzene rings is 3. The van der Waals surface area contributed by atoms with Crippen LogP contribution in [-0.2, 0) is 5.41 Å². The van der Waals surface area contributed by atoms with Crippen molar-refractivity contribution in [3.05, 3.63) is 73.7 Å². The molecule has 0 amide bonds. The van der Waals surface area contributed by atoms with Crippen LogP contribution in [0.25, 0.3) is 0 Å². The number of aromatic hydroxyl groups is 2. The number of halogens is 2. The highest BCUT2D eigenvalue weighted by Gasteiger charge is 2.24. The van der Waals surface area contributed by atoms with E-state index in [9.17, 15) is 10.2 Å². The second-order valence-electron chi connectivity index (χ2n) is 8.62. The first-order chi connectivity index (χ1) is 15.5. The number of phenolic OH excluding ortho intramolecular Hbond substituents is 2. The molecule has 3 aromatic carbocycles. The maximum atomic E-state index is 10.2. The molecule has 0 spiro atoms. The fourth-order valence-electron chi connectivity index (χ4n) is 3.31. The highest BCUT2D eigenvalue weighted by atomic mass is 79.9. The molecule has 0 saturated carbocycles. The lowest BCUT2D eigenvalue weighted by molar-refractivity contribution is 0.399. The van der Waals surface area contributed by atoms with Gasteiger partial charge in [-0.05, 0) is 54.8 Å². The van der Waals surface area contributed by atoms with Gasteiger partial charge in [-0.1, -0.05) is 52.6 Å². The number of phenols is 2. The first kappa shape index (κ1) is 25.0. The van der Waals surface area contributed by atoms with Crippen molar-refractivity contribution in [3.8, 4) is 17.2 Å². The predicted octanol–water partition coefficient (Wildman–Crippen LogP) is 7.74. The van der Waals surface area contributed by atoms with Crippen LogP contribution in [0.2, 0.25) is 0 Å². The Morgan fingerprint density at radius 3 is 1.85 bits per heavy atom. The Balaban J connectivity index is 2.19. The van der Waals surface area contributed by atoms with Gasteiger partial charge in [0.15, 0.2) is 0 Å². The minimum absolute atomic E-state index is 0.133. The molecule has 3 rings (SSSR count). The molecule has 2 N–H and O–H groups in total. The largest absolute Gasteiger partial charge is 0.507 e. The molecule has 0 aromatic heterocycles. The van der Waals surface area contributed by atoms with E-state index in [1.54, 1.807) is 55.9 Å². The Hall–Kier alpha value is -2.64. The second-order valence-corrected chi connectivity index (χ2v) is 10.5. The predicted molar refractivity (Wildman–Crippen MR) is 143 cm³/mol. The van der Waals surface area contributed by atoms with E-state index >= 15 is 0 Å². The van der Waals surface area contributed by atoms with E-state index in [0.29, 0.717) is 28.3 Å². The van der Waals surface area contributed by atoms with E-state index in [0.717, 1.165) is 20.1 Å². The fraction of sp³-hybridized carbons (Fsp3) is 0.231. The van der Waals surface area contributed by atoms with E-state index in [4.69, 9.17) is 9.73 Å². The van der Waals surface area contributed by atoms with Crippen LogP contribution in [-0.4, -0.2) is 29.8 Å². The summed E-state index contributed by atoms with van der Waals surface area (Å²) in [5, 5.41) is 20.4. The van der Waals surface area contributed by atoms with Crippen molar-refractivity contribution < 1.29 is 14.9 Å². The lowest BCUT2D eigenvalue weighted by Gasteiger charge is -2.25. The van der Waals surface area contributed by atoms with Gasteiger partial charge in [-0.3, -0.25) is 9.98 Å². The van der Waals surface area contributed by atoms with Crippen LogP contribution >= 0.6 is 31.9 Å². The van der Waals surface area contributed by atoms with Gasteiger partial charge in [0.1, 0.15) is 22.9 Å². The molecule has 5 nitrogen and oxygen atoms in total. The molecule has 0 fully saturated rings. The molecular weight excluding hydrogens is 548 g/mol. The molecule has 0 heterocycles. The molecule has 3 aromatic rings. The average Bonchev–Trinajstić information content (AvgIpc) is 2.75. The standard InChI is InChI=1S/C26H26Br2N2O3/c1-15-21(29-13-16-10-18(27)6-8-22(16)31)12-20(26(2,3)4)25(33-5)24(15)30-14-17-11-19(28)7-9-23(17)32/h6-14,31-32H,1-5H3. The smallest absolute Gasteiger partial charge is 0.148 e. The Labute approximate surface area is 211 Å². The Morgan fingerprint density at radius 2 is 1.36 bits per heavy atom. The molecular formula is C26H26Br2N2O3. The lowest BCUT2D eigenvalue weighted by atomic mass is 9.84. The topological polar surface area (TPSA) is 74.4 Å². The number of aliphatic imine (C=N–C) groups is 2. The zero-order valence-corrected chi connectivity index (χ0v) is 22.3. The summed E-state index contributed by atoms with van der Waals surface area (Å²) < 4.78 is 7.49. The van der Waals surface area contributed by atoms with Crippen LogP contribution in [0.15, 0.2) is 61.4 Å². The normalized spacial score (nSPS) is 12.1. The first-order valence-corrected chi connectivity index (χ1v) is 11.9. The molecule has 0 aliphatic carbocycles. The summed E-state index contributed by atoms with van der Waals surface area (Å²) in [7, 11) is 1.63. The van der Waals surface area contributed by atoms with E-state index in [1.165, 1.54) is 0 Å². The zero-order chi connectivity index (χ0) is 24.3. The summed E-state index contributed by atoms with van der Waals surface area (Å²) in [6.07, 6.45) is 3.25. The maximum absolute atomic E-state index is 10.2. The molecule has 33 heavy (non-hydrogen) atoms. The molecule has 0 saturated heterocycles. The third-order valence-electron chi connectivity index (χ3n) is 5.15. The Morgan fingerprint density at radius 1 is 0.848 bits per heavy atom. The van der Waals surface area contributed by atoms with Gasteiger partial charge in [-0.2, -0.15) is 0 Å². The summed E-state index contributed by atoms with van der Waals surface area (Å²) >= 11 is 6.85. The second kappa shape index (κ2) is 10.1. The van der Waals surface area contributed by atoms with E-state index in [2.05, 4.69) is 57.6 Å². The quantitative estimate of drug-likeness (QED) is 0.306. The van der Waals surface area contributed by atoms with Crippen LogP contribution in [0.4, 0.5) is 11.4 Å². The number of hydrogen-bond acceptors (Lipinski definition) is 5. The minimum Gasteiger partial charge on any atom is -0.507 e. The van der Waals surface area contributed by atoms with Gasteiger partial charge in [0.2, 0.25) is 0 Å². The molecule has 0 bridgehead atoms. The molecule has 0 aliphatic rings. The van der Waals surface area contributed by atoms with Crippen molar-refractivity contribution in [2.45, 2.75) is 33.1 Å². The minimum atomic E-state index is -0.233. The molecule has 0 unspecified atom stereocenters. The van der Waals surface area contributed by atoms with Gasteiger partial charge in [0.25, 0.3) is 0 Å². The van der Waals surface area contributed by atoms with Gasteiger partial charge in [0, 0.05) is 43.6 Å². The molecule has 0 atom stereocenters. The Bertz CT molecular complexity index is 1250. The third-order valence-corrected chi connectivity index (χ3v) is 6.13. The summed E-state index contributed by atoms with van der Waals surface area (Å²) in [6.45, 7) is 8.22. The molecule has 7 heteroatoms. The van der Waals surface area contributed by atoms with Crippen molar-refractivity contribution in [3.63, 3.8) is 0 Å². The summed E-state index contributed by atoms with van der Waals surface area (Å²) in [5.74, 6) is 0.941. The molecule has 0 aliphatic heterocycles. The summed E-state index contributed by atoms with van der Waals surface area (Å²) in [4.78, 5) is 9.39. The first-order valence-electron chi connectivity index (χ1n) is 10.3. The van der Waals surface area contributed by atoms with Gasteiger partial charge in [-0.25, -0.2) is 0 Å². The van der Waals surface area contributed by atoms with Crippen LogP contribution in [0, 0.1) is 6.92 Å². The molecule has 172 valence electrons. The maximum Gasteiger partial charge on any atom is 0.148 e. The van der Waals surface area contributed by atoms with Crippen LogP contribution in [0.1, 0.15) is 43.0 Å². The highest BCUT2D eigenvalue weighted by molar-refractivity contribution is 9.10. The highest BCUT2D eigenvalue weighted by Crippen LogP contribution is 2.45. The summed E-state index contributed by atoms with van der Waals surface area (Å²) in [5.41, 5.74) is 4.06. The van der Waals surface area contributed by atoms with Crippen molar-refractivity contribution in [1.29, 1.82) is 0 Å². The lowest BCUT2D eigenvalue weighted by Crippen LogP contribution is -2.13. The SMILES string of the molecule is COc1c(C(C)(C)C)cc(N=Cc2cc(Br)ccc2O)c(C)c1N=Cc1cc(Br)ccc1O. The monoisotopic (exact) mass is 572 g/mol. The Kier molecular flexibility index (Phi) is 7.65. The van der Waals surface area contributed by atoms with Crippen molar-refractivity contribution >= 4 is 55.7 Å². The van der Waals surface area contributed by atoms with Crippen LogP contribution in [0.3, 0.4) is 0 Å². The third kappa shape index (κ3) is 5.84.